The van der Waals surface area contributed by atoms with Crippen LogP contribution in [0.5, 0.6) is 0 Å². The molecule has 2 aromatic carbocycles. The molecule has 6 heteroatoms. The van der Waals surface area contributed by atoms with E-state index >= 15 is 0 Å². The Morgan fingerprint density at radius 2 is 1.87 bits per heavy atom. The Morgan fingerprint density at radius 3 is 2.57 bits per heavy atom. The summed E-state index contributed by atoms with van der Waals surface area (Å²) in [6.07, 6.45) is 0. The summed E-state index contributed by atoms with van der Waals surface area (Å²) < 4.78 is 0. The number of hydrogen-bond donors (Lipinski definition) is 1. The van der Waals surface area contributed by atoms with E-state index in [1.807, 2.05) is 43.3 Å². The first-order valence-electron chi connectivity index (χ1n) is 6.96. The minimum Gasteiger partial charge on any atom is -0.272 e. The second kappa shape index (κ2) is 8.96. The monoisotopic (exact) mass is 366 g/mol. The molecular weight excluding hydrogens is 351 g/mol. The minimum absolute atomic E-state index is 0.134. The van der Waals surface area contributed by atoms with Gasteiger partial charge in [0.1, 0.15) is 0 Å². The van der Waals surface area contributed by atoms with Gasteiger partial charge in [0.25, 0.3) is 0 Å². The number of nitrogens with one attached hydrogen (secondary N) is 1. The molecule has 0 aliphatic heterocycles. The lowest BCUT2D eigenvalue weighted by Crippen LogP contribution is -2.21. The standard InChI is InChI=1S/C17H16Cl2N2OS/c1-12(14-5-7-15(18)8-6-14)20-21-17(22)11-23-10-13-3-2-4-16(19)9-13/h2-9H,10-11H2,1H3,(H,21,22)/b20-12-. The van der Waals surface area contributed by atoms with Crippen LogP contribution in [0.4, 0.5) is 0 Å². The van der Waals surface area contributed by atoms with Gasteiger partial charge in [-0.2, -0.15) is 5.10 Å². The predicted molar refractivity (Wildman–Crippen MR) is 99.4 cm³/mol. The van der Waals surface area contributed by atoms with E-state index in [1.165, 1.54) is 11.8 Å². The summed E-state index contributed by atoms with van der Waals surface area (Å²) in [4.78, 5) is 11.8. The van der Waals surface area contributed by atoms with Crippen LogP contribution in [0.15, 0.2) is 53.6 Å². The zero-order valence-corrected chi connectivity index (χ0v) is 14.9. The van der Waals surface area contributed by atoms with Gasteiger partial charge in [0.05, 0.1) is 11.5 Å². The van der Waals surface area contributed by atoms with Crippen LogP contribution in [-0.4, -0.2) is 17.4 Å². The molecular formula is C17H16Cl2N2OS. The highest BCUT2D eigenvalue weighted by atomic mass is 35.5. The van der Waals surface area contributed by atoms with Crippen molar-refractivity contribution < 1.29 is 4.79 Å². The van der Waals surface area contributed by atoms with Gasteiger partial charge in [0.15, 0.2) is 0 Å². The molecule has 0 saturated carbocycles. The van der Waals surface area contributed by atoms with E-state index in [0.29, 0.717) is 15.8 Å². The predicted octanol–water partition coefficient (Wildman–Crippen LogP) is 4.77. The number of benzene rings is 2. The van der Waals surface area contributed by atoms with E-state index in [4.69, 9.17) is 23.2 Å². The van der Waals surface area contributed by atoms with Crippen LogP contribution >= 0.6 is 35.0 Å². The third-order valence-corrected chi connectivity index (χ3v) is 4.49. The van der Waals surface area contributed by atoms with E-state index in [9.17, 15) is 4.79 Å². The molecule has 1 N–H and O–H groups in total. The number of nitrogens with zero attached hydrogens (tertiary/aromatic N) is 1. The Balaban J connectivity index is 1.78. The summed E-state index contributed by atoms with van der Waals surface area (Å²) in [5.41, 5.74) is 5.31. The number of hydrazone groups is 1. The Labute approximate surface area is 150 Å². The molecule has 1 amide bonds. The number of amides is 1. The average molecular weight is 367 g/mol. The topological polar surface area (TPSA) is 41.5 Å². The maximum absolute atomic E-state index is 11.8. The van der Waals surface area contributed by atoms with Gasteiger partial charge >= 0.3 is 0 Å². The Kier molecular flexibility index (Phi) is 6.96. The molecule has 0 radical (unpaired) electrons. The van der Waals surface area contributed by atoms with Gasteiger partial charge in [-0.25, -0.2) is 5.43 Å². The van der Waals surface area contributed by atoms with Gasteiger partial charge in [-0.1, -0.05) is 47.5 Å². The van der Waals surface area contributed by atoms with Crippen molar-refractivity contribution in [2.24, 2.45) is 5.10 Å². The van der Waals surface area contributed by atoms with Gasteiger partial charge in [0.2, 0.25) is 5.91 Å². The molecule has 0 aliphatic carbocycles. The zero-order chi connectivity index (χ0) is 16.7. The fourth-order valence-electron chi connectivity index (χ4n) is 1.82. The molecule has 0 atom stereocenters. The molecule has 0 saturated heterocycles. The number of rotatable bonds is 6. The largest absolute Gasteiger partial charge is 0.272 e. The highest BCUT2D eigenvalue weighted by Crippen LogP contribution is 2.16. The first kappa shape index (κ1) is 17.9. The first-order chi connectivity index (χ1) is 11.0. The van der Waals surface area contributed by atoms with Crippen LogP contribution in [0.25, 0.3) is 0 Å². The van der Waals surface area contributed by atoms with E-state index < -0.39 is 0 Å². The summed E-state index contributed by atoms with van der Waals surface area (Å²) in [7, 11) is 0. The Hall–Kier alpha value is -1.49. The molecule has 0 aromatic heterocycles. The second-order valence-electron chi connectivity index (χ2n) is 4.86. The molecule has 120 valence electrons. The van der Waals surface area contributed by atoms with E-state index in [2.05, 4.69) is 10.5 Å². The SMILES string of the molecule is C/C(=N/NC(=O)CSCc1cccc(Cl)c1)c1ccc(Cl)cc1. The smallest absolute Gasteiger partial charge is 0.250 e. The number of thioether (sulfide) groups is 1. The van der Waals surface area contributed by atoms with Crippen molar-refractivity contribution in [1.29, 1.82) is 0 Å². The molecule has 0 heterocycles. The normalized spacial score (nSPS) is 11.3. The van der Waals surface area contributed by atoms with Crippen LogP contribution in [0.1, 0.15) is 18.1 Å². The van der Waals surface area contributed by atoms with Gasteiger partial charge in [0, 0.05) is 15.8 Å². The van der Waals surface area contributed by atoms with E-state index in [-0.39, 0.29) is 5.91 Å². The van der Waals surface area contributed by atoms with Crippen molar-refractivity contribution in [3.63, 3.8) is 0 Å². The number of hydrogen-bond acceptors (Lipinski definition) is 3. The summed E-state index contributed by atoms with van der Waals surface area (Å²) in [6.45, 7) is 1.84. The Morgan fingerprint density at radius 1 is 1.13 bits per heavy atom. The van der Waals surface area contributed by atoms with Crippen LogP contribution < -0.4 is 5.43 Å². The van der Waals surface area contributed by atoms with Crippen molar-refractivity contribution in [2.45, 2.75) is 12.7 Å². The molecule has 0 bridgehead atoms. The van der Waals surface area contributed by atoms with Crippen molar-refractivity contribution in [2.75, 3.05) is 5.75 Å². The van der Waals surface area contributed by atoms with Gasteiger partial charge in [-0.05, 0) is 42.3 Å². The van der Waals surface area contributed by atoms with Crippen molar-refractivity contribution >= 4 is 46.6 Å². The third-order valence-electron chi connectivity index (χ3n) is 3.00. The highest BCUT2D eigenvalue weighted by Gasteiger charge is 2.03. The first-order valence-corrected chi connectivity index (χ1v) is 8.87. The zero-order valence-electron chi connectivity index (χ0n) is 12.6. The summed E-state index contributed by atoms with van der Waals surface area (Å²) >= 11 is 13.3. The molecule has 3 nitrogen and oxygen atoms in total. The fraction of sp³-hybridized carbons (Fsp3) is 0.176. The van der Waals surface area contributed by atoms with Crippen molar-refractivity contribution in [3.05, 3.63) is 69.7 Å². The maximum atomic E-state index is 11.8. The van der Waals surface area contributed by atoms with Gasteiger partial charge < -0.3 is 0 Å². The van der Waals surface area contributed by atoms with Crippen LogP contribution in [0.3, 0.4) is 0 Å². The maximum Gasteiger partial charge on any atom is 0.250 e. The van der Waals surface area contributed by atoms with Crippen molar-refractivity contribution in [1.82, 2.24) is 5.43 Å². The summed E-state index contributed by atoms with van der Waals surface area (Å²) in [6, 6.07) is 14.9. The average Bonchev–Trinajstić information content (AvgIpc) is 2.53. The lowest BCUT2D eigenvalue weighted by atomic mass is 10.1. The quantitative estimate of drug-likeness (QED) is 0.590. The van der Waals surface area contributed by atoms with Gasteiger partial charge in [-0.3, -0.25) is 4.79 Å². The van der Waals surface area contributed by atoms with Gasteiger partial charge in [-0.15, -0.1) is 11.8 Å². The van der Waals surface area contributed by atoms with E-state index in [1.54, 1.807) is 12.1 Å². The van der Waals surface area contributed by atoms with Crippen LogP contribution in [-0.2, 0) is 10.5 Å². The number of carbonyl (C=O) groups is 1. The minimum atomic E-state index is -0.134. The Bertz CT molecular complexity index is 702. The molecule has 0 fully saturated rings. The molecule has 0 aliphatic rings. The number of halogens is 2. The van der Waals surface area contributed by atoms with Crippen molar-refractivity contribution in [3.8, 4) is 0 Å². The third kappa shape index (κ3) is 6.26. The fourth-order valence-corrected chi connectivity index (χ4v) is 2.93. The molecule has 23 heavy (non-hydrogen) atoms. The second-order valence-corrected chi connectivity index (χ2v) is 6.72. The highest BCUT2D eigenvalue weighted by molar-refractivity contribution is 7.99. The van der Waals surface area contributed by atoms with Crippen LogP contribution in [0.2, 0.25) is 10.0 Å². The summed E-state index contributed by atoms with van der Waals surface area (Å²) in [5.74, 6) is 0.933. The number of carbonyl (C=O) groups excluding carboxylic acids is 1. The molecule has 0 unspecified atom stereocenters. The molecule has 0 spiro atoms. The lowest BCUT2D eigenvalue weighted by molar-refractivity contribution is -0.118. The molecule has 2 aromatic rings. The van der Waals surface area contributed by atoms with Crippen LogP contribution in [0, 0.1) is 0 Å². The molecule has 2 rings (SSSR count). The lowest BCUT2D eigenvalue weighted by Gasteiger charge is -2.04. The van der Waals surface area contributed by atoms with E-state index in [0.717, 1.165) is 22.6 Å². The summed E-state index contributed by atoms with van der Waals surface area (Å²) in [5, 5.41) is 5.48.